The van der Waals surface area contributed by atoms with Gasteiger partial charge >= 0.3 is 0 Å². The second-order valence-electron chi connectivity index (χ2n) is 5.94. The summed E-state index contributed by atoms with van der Waals surface area (Å²) in [6, 6.07) is 0.638. The molecule has 0 unspecified atom stereocenters. The fourth-order valence-corrected chi connectivity index (χ4v) is 4.15. The standard InChI is InChI=1S/C18H17F4N5OS2/c1-2-23-17-16-14(24-8-25-17)9(7-29-16)18(28)26-15-12(21)10(20)6-11(13(15)22)27-30-5-3-4-19/h6-8,27H,2-5H2,1H3,(H,26,28)(H,23,24,25). The summed E-state index contributed by atoms with van der Waals surface area (Å²) in [5, 5.41) is 6.62. The number of hydrogen-bond acceptors (Lipinski definition) is 7. The first kappa shape index (κ1) is 22.1. The number of halogens is 4. The molecule has 2 heterocycles. The van der Waals surface area contributed by atoms with E-state index >= 15 is 0 Å². The van der Waals surface area contributed by atoms with Crippen LogP contribution < -0.4 is 15.4 Å². The van der Waals surface area contributed by atoms with Crippen LogP contribution in [0.4, 0.5) is 34.8 Å². The summed E-state index contributed by atoms with van der Waals surface area (Å²) in [5.74, 6) is -4.05. The molecule has 0 aliphatic rings. The minimum atomic E-state index is -1.53. The molecule has 6 nitrogen and oxygen atoms in total. The Labute approximate surface area is 177 Å². The molecule has 12 heteroatoms. The van der Waals surface area contributed by atoms with Crippen LogP contribution in [0.2, 0.25) is 0 Å². The van der Waals surface area contributed by atoms with Crippen LogP contribution in [0, 0.1) is 17.5 Å². The number of nitrogens with zero attached hydrogens (tertiary/aromatic N) is 2. The summed E-state index contributed by atoms with van der Waals surface area (Å²) < 4.78 is 58.1. The van der Waals surface area contributed by atoms with Gasteiger partial charge in [-0.25, -0.2) is 23.1 Å². The topological polar surface area (TPSA) is 78.9 Å². The van der Waals surface area contributed by atoms with Gasteiger partial charge in [-0.1, -0.05) is 11.9 Å². The third-order valence-electron chi connectivity index (χ3n) is 3.90. The number of hydrogen-bond donors (Lipinski definition) is 3. The molecule has 0 saturated heterocycles. The molecule has 3 N–H and O–H groups in total. The molecule has 30 heavy (non-hydrogen) atoms. The van der Waals surface area contributed by atoms with Crippen LogP contribution in [0.3, 0.4) is 0 Å². The van der Waals surface area contributed by atoms with Gasteiger partial charge in [-0.15, -0.1) is 11.3 Å². The minimum Gasteiger partial charge on any atom is -0.369 e. The maximum Gasteiger partial charge on any atom is 0.258 e. The Balaban J connectivity index is 1.89. The van der Waals surface area contributed by atoms with Gasteiger partial charge in [-0.05, 0) is 13.3 Å². The van der Waals surface area contributed by atoms with E-state index < -0.39 is 35.7 Å². The quantitative estimate of drug-likeness (QED) is 0.176. The Hall–Kier alpha value is -2.60. The molecule has 1 aromatic carbocycles. The Morgan fingerprint density at radius 2 is 2.03 bits per heavy atom. The number of nitrogens with one attached hydrogen (secondary N) is 3. The molecule has 0 atom stereocenters. The number of amides is 1. The van der Waals surface area contributed by atoms with Crippen molar-refractivity contribution in [3.63, 3.8) is 0 Å². The average molecular weight is 459 g/mol. The maximum atomic E-state index is 14.7. The molecular formula is C18H17F4N5OS2. The lowest BCUT2D eigenvalue weighted by Crippen LogP contribution is -2.15. The number of anilines is 3. The van der Waals surface area contributed by atoms with Gasteiger partial charge < -0.3 is 15.4 Å². The first-order chi connectivity index (χ1) is 14.5. The highest BCUT2D eigenvalue weighted by Crippen LogP contribution is 2.33. The lowest BCUT2D eigenvalue weighted by atomic mass is 10.2. The van der Waals surface area contributed by atoms with Crippen LogP contribution in [0.5, 0.6) is 0 Å². The lowest BCUT2D eigenvalue weighted by Gasteiger charge is -2.13. The van der Waals surface area contributed by atoms with Crippen molar-refractivity contribution in [3.05, 3.63) is 40.8 Å². The third-order valence-corrected chi connectivity index (χ3v) is 5.73. The van der Waals surface area contributed by atoms with Crippen LogP contribution >= 0.6 is 23.3 Å². The molecule has 0 radical (unpaired) electrons. The Bertz CT molecular complexity index is 1060. The lowest BCUT2D eigenvalue weighted by molar-refractivity contribution is 0.102. The molecule has 3 rings (SSSR count). The number of benzene rings is 1. The second-order valence-corrected chi connectivity index (χ2v) is 7.72. The summed E-state index contributed by atoms with van der Waals surface area (Å²) in [7, 11) is 0. The van der Waals surface area contributed by atoms with Gasteiger partial charge in [0, 0.05) is 23.7 Å². The first-order valence-corrected chi connectivity index (χ1v) is 10.7. The van der Waals surface area contributed by atoms with E-state index in [9.17, 15) is 22.4 Å². The molecular weight excluding hydrogens is 442 g/mol. The summed E-state index contributed by atoms with van der Waals surface area (Å²) in [6.07, 6.45) is 1.48. The normalized spacial score (nSPS) is 11.0. The molecule has 0 aliphatic carbocycles. The van der Waals surface area contributed by atoms with Crippen LogP contribution in [-0.4, -0.2) is 34.8 Å². The summed E-state index contributed by atoms with van der Waals surface area (Å²) in [4.78, 5) is 20.9. The fraction of sp³-hybridized carbons (Fsp3) is 0.278. The van der Waals surface area contributed by atoms with E-state index in [1.165, 1.54) is 23.0 Å². The van der Waals surface area contributed by atoms with Crippen molar-refractivity contribution in [2.24, 2.45) is 0 Å². The molecule has 0 spiro atoms. The van der Waals surface area contributed by atoms with Crippen LogP contribution in [0.25, 0.3) is 10.2 Å². The number of alkyl halides is 1. The minimum absolute atomic E-state index is 0.0754. The van der Waals surface area contributed by atoms with Crippen molar-refractivity contribution < 1.29 is 22.4 Å². The molecule has 160 valence electrons. The number of carbonyl (C=O) groups excluding carboxylic acids is 1. The van der Waals surface area contributed by atoms with Crippen molar-refractivity contribution >= 4 is 56.6 Å². The number of thiophene rings is 1. The molecule has 3 aromatic rings. The van der Waals surface area contributed by atoms with Gasteiger partial charge in [-0.3, -0.25) is 9.18 Å². The second kappa shape index (κ2) is 9.94. The van der Waals surface area contributed by atoms with E-state index in [2.05, 4.69) is 25.3 Å². The SMILES string of the molecule is CCNc1ncnc2c(C(=O)Nc3c(F)c(F)cc(NSCCCF)c3F)csc12. The van der Waals surface area contributed by atoms with E-state index in [-0.39, 0.29) is 17.7 Å². The predicted octanol–water partition coefficient (Wildman–Crippen LogP) is 5.21. The Kier molecular flexibility index (Phi) is 7.32. The number of fused-ring (bicyclic) bond motifs is 1. The van der Waals surface area contributed by atoms with E-state index in [1.54, 1.807) is 0 Å². The Morgan fingerprint density at radius 1 is 1.23 bits per heavy atom. The molecule has 0 aliphatic heterocycles. The van der Waals surface area contributed by atoms with Crippen molar-refractivity contribution in [2.45, 2.75) is 13.3 Å². The van der Waals surface area contributed by atoms with Crippen molar-refractivity contribution in [3.8, 4) is 0 Å². The molecule has 0 fully saturated rings. The van der Waals surface area contributed by atoms with Gasteiger partial charge in [0.25, 0.3) is 5.91 Å². The molecule has 0 bridgehead atoms. The number of carbonyl (C=O) groups is 1. The van der Waals surface area contributed by atoms with Crippen LogP contribution in [0.15, 0.2) is 17.8 Å². The van der Waals surface area contributed by atoms with E-state index in [4.69, 9.17) is 0 Å². The van der Waals surface area contributed by atoms with Crippen LogP contribution in [0.1, 0.15) is 23.7 Å². The zero-order valence-corrected chi connectivity index (χ0v) is 17.3. The zero-order chi connectivity index (χ0) is 21.7. The van der Waals surface area contributed by atoms with E-state index in [0.29, 0.717) is 34.4 Å². The number of rotatable bonds is 9. The number of aromatic nitrogens is 2. The van der Waals surface area contributed by atoms with Gasteiger partial charge in [0.05, 0.1) is 28.1 Å². The van der Waals surface area contributed by atoms with Crippen molar-refractivity contribution in [1.82, 2.24) is 9.97 Å². The summed E-state index contributed by atoms with van der Waals surface area (Å²) in [5.41, 5.74) is -0.902. The zero-order valence-electron chi connectivity index (χ0n) is 15.7. The average Bonchev–Trinajstić information content (AvgIpc) is 3.17. The highest BCUT2D eigenvalue weighted by Gasteiger charge is 2.23. The summed E-state index contributed by atoms with van der Waals surface area (Å²) >= 11 is 2.13. The van der Waals surface area contributed by atoms with Crippen LogP contribution in [-0.2, 0) is 0 Å². The van der Waals surface area contributed by atoms with E-state index in [0.717, 1.165) is 11.9 Å². The predicted molar refractivity (Wildman–Crippen MR) is 113 cm³/mol. The monoisotopic (exact) mass is 459 g/mol. The molecule has 2 aromatic heterocycles. The molecule has 0 saturated carbocycles. The maximum absolute atomic E-state index is 14.7. The Morgan fingerprint density at radius 3 is 2.77 bits per heavy atom. The van der Waals surface area contributed by atoms with Gasteiger partial charge in [0.1, 0.15) is 17.8 Å². The van der Waals surface area contributed by atoms with Crippen molar-refractivity contribution in [1.29, 1.82) is 0 Å². The van der Waals surface area contributed by atoms with Crippen molar-refractivity contribution in [2.75, 3.05) is 34.3 Å². The molecule has 1 amide bonds. The van der Waals surface area contributed by atoms with E-state index in [1.807, 2.05) is 6.92 Å². The first-order valence-electron chi connectivity index (χ1n) is 8.86. The third kappa shape index (κ3) is 4.59. The highest BCUT2D eigenvalue weighted by molar-refractivity contribution is 8.00. The van der Waals surface area contributed by atoms with Gasteiger partial charge in [-0.2, -0.15) is 0 Å². The van der Waals surface area contributed by atoms with Gasteiger partial charge in [0.2, 0.25) is 0 Å². The van der Waals surface area contributed by atoms with Gasteiger partial charge in [0.15, 0.2) is 17.5 Å². The largest absolute Gasteiger partial charge is 0.369 e. The fourth-order valence-electron chi connectivity index (χ4n) is 2.53. The smallest absolute Gasteiger partial charge is 0.258 e. The summed E-state index contributed by atoms with van der Waals surface area (Å²) in [6.45, 7) is 1.93. The highest BCUT2D eigenvalue weighted by atomic mass is 32.2.